The Labute approximate surface area is 217 Å². The normalized spacial score (nSPS) is 14.2. The SMILES string of the molecule is Cc1nc(-c2ccc(C(F)(F)F)cc2)sc1C(Oc1ccc(-c2noc(=O)[nH]2)c(Cl)c1)C1=CC=CCN1. The Balaban J connectivity index is 1.48. The number of H-pyrrole nitrogens is 1. The van der Waals surface area contributed by atoms with E-state index in [4.69, 9.17) is 16.3 Å². The molecule has 0 saturated heterocycles. The van der Waals surface area contributed by atoms with Crippen LogP contribution in [0.3, 0.4) is 0 Å². The topological polar surface area (TPSA) is 93.0 Å². The molecule has 2 N–H and O–H groups in total. The highest BCUT2D eigenvalue weighted by molar-refractivity contribution is 7.15. The van der Waals surface area contributed by atoms with Crippen LogP contribution >= 0.6 is 22.9 Å². The van der Waals surface area contributed by atoms with Crippen molar-refractivity contribution in [1.82, 2.24) is 20.4 Å². The van der Waals surface area contributed by atoms with Crippen LogP contribution in [0.15, 0.2) is 75.7 Å². The molecule has 0 aliphatic carbocycles. The van der Waals surface area contributed by atoms with E-state index in [2.05, 4.69) is 25.0 Å². The van der Waals surface area contributed by atoms with Gasteiger partial charge in [-0.3, -0.25) is 9.51 Å². The maximum atomic E-state index is 13.0. The molecule has 2 aromatic heterocycles. The maximum absolute atomic E-state index is 13.0. The minimum atomic E-state index is -4.41. The van der Waals surface area contributed by atoms with Gasteiger partial charge in [0.05, 0.1) is 26.9 Å². The lowest BCUT2D eigenvalue weighted by Crippen LogP contribution is -2.24. The lowest BCUT2D eigenvalue weighted by Gasteiger charge is -2.24. The van der Waals surface area contributed by atoms with Gasteiger partial charge in [0.2, 0.25) is 0 Å². The van der Waals surface area contributed by atoms with Gasteiger partial charge in [-0.1, -0.05) is 41.0 Å². The molecule has 0 amide bonds. The van der Waals surface area contributed by atoms with Crippen LogP contribution < -0.4 is 15.8 Å². The van der Waals surface area contributed by atoms with Crippen molar-refractivity contribution in [3.63, 3.8) is 0 Å². The van der Waals surface area contributed by atoms with Crippen molar-refractivity contribution < 1.29 is 22.4 Å². The van der Waals surface area contributed by atoms with Crippen LogP contribution in [-0.2, 0) is 6.18 Å². The molecule has 1 unspecified atom stereocenters. The summed E-state index contributed by atoms with van der Waals surface area (Å²) in [4.78, 5) is 19.1. The first-order chi connectivity index (χ1) is 17.7. The summed E-state index contributed by atoms with van der Waals surface area (Å²) < 4.78 is 49.8. The zero-order valence-corrected chi connectivity index (χ0v) is 20.7. The molecule has 0 radical (unpaired) electrons. The number of ether oxygens (including phenoxy) is 1. The molecule has 190 valence electrons. The maximum Gasteiger partial charge on any atom is 0.439 e. The van der Waals surface area contributed by atoms with Crippen molar-refractivity contribution >= 4 is 22.9 Å². The highest BCUT2D eigenvalue weighted by Crippen LogP contribution is 2.39. The van der Waals surface area contributed by atoms with E-state index in [0.29, 0.717) is 34.1 Å². The van der Waals surface area contributed by atoms with Gasteiger partial charge in [0.15, 0.2) is 11.9 Å². The zero-order chi connectivity index (χ0) is 26.2. The molecule has 2 aromatic carbocycles. The Bertz CT molecular complexity index is 1550. The van der Waals surface area contributed by atoms with Gasteiger partial charge in [-0.2, -0.15) is 13.2 Å². The summed E-state index contributed by atoms with van der Waals surface area (Å²) in [5, 5.41) is 7.82. The number of hydrogen-bond donors (Lipinski definition) is 2. The second kappa shape index (κ2) is 9.91. The molecule has 0 bridgehead atoms. The van der Waals surface area contributed by atoms with Gasteiger partial charge in [0.1, 0.15) is 10.8 Å². The monoisotopic (exact) mass is 546 g/mol. The molecule has 0 spiro atoms. The predicted octanol–water partition coefficient (Wildman–Crippen LogP) is 6.30. The van der Waals surface area contributed by atoms with Crippen molar-refractivity contribution in [2.75, 3.05) is 6.54 Å². The minimum absolute atomic E-state index is 0.194. The molecule has 1 atom stereocenters. The van der Waals surface area contributed by atoms with E-state index in [1.54, 1.807) is 18.2 Å². The van der Waals surface area contributed by atoms with Crippen LogP contribution in [0, 0.1) is 6.92 Å². The van der Waals surface area contributed by atoms with Crippen molar-refractivity contribution in [2.45, 2.75) is 19.2 Å². The van der Waals surface area contributed by atoms with E-state index < -0.39 is 23.6 Å². The van der Waals surface area contributed by atoms with Crippen molar-refractivity contribution in [1.29, 1.82) is 0 Å². The molecular formula is C25H18ClF3N4O3S. The molecule has 0 fully saturated rings. The van der Waals surface area contributed by atoms with Crippen LogP contribution in [0.4, 0.5) is 13.2 Å². The molecule has 7 nitrogen and oxygen atoms in total. The number of aromatic amines is 1. The standard InChI is InChI=1S/C25H18ClF3N4O3S/c1-13-21(37-23(31-13)14-5-7-15(8-6-14)25(27,28)29)20(19-4-2-3-11-30-19)35-16-9-10-17(18(26)12-16)22-32-24(34)36-33-22/h2-10,12,20,30H,11H2,1H3,(H,32,33,34). The van der Waals surface area contributed by atoms with Gasteiger partial charge in [0.25, 0.3) is 0 Å². The summed E-state index contributed by atoms with van der Waals surface area (Å²) in [5.41, 5.74) is 1.79. The molecule has 1 aliphatic rings. The number of benzene rings is 2. The number of nitrogens with zero attached hydrogens (tertiary/aromatic N) is 2. The fourth-order valence-electron chi connectivity index (χ4n) is 3.73. The number of aryl methyl sites for hydroxylation is 1. The van der Waals surface area contributed by atoms with E-state index >= 15 is 0 Å². The zero-order valence-electron chi connectivity index (χ0n) is 19.1. The summed E-state index contributed by atoms with van der Waals surface area (Å²) in [6.07, 6.45) is 0.763. The molecule has 37 heavy (non-hydrogen) atoms. The van der Waals surface area contributed by atoms with Crippen molar-refractivity contribution in [3.05, 3.63) is 98.1 Å². The average Bonchev–Trinajstić information content (AvgIpc) is 3.48. The molecule has 1 aliphatic heterocycles. The lowest BCUT2D eigenvalue weighted by atomic mass is 10.1. The third kappa shape index (κ3) is 5.32. The number of nitrogens with one attached hydrogen (secondary N) is 2. The number of rotatable bonds is 6. The Hall–Kier alpha value is -3.83. The smallest absolute Gasteiger partial charge is 0.439 e. The number of alkyl halides is 3. The number of halogens is 4. The van der Waals surface area contributed by atoms with E-state index in [0.717, 1.165) is 22.7 Å². The molecule has 3 heterocycles. The van der Waals surface area contributed by atoms with Gasteiger partial charge < -0.3 is 10.1 Å². The summed E-state index contributed by atoms with van der Waals surface area (Å²) in [7, 11) is 0. The van der Waals surface area contributed by atoms with Gasteiger partial charge in [-0.15, -0.1) is 11.3 Å². The molecule has 5 rings (SSSR count). The van der Waals surface area contributed by atoms with E-state index in [1.165, 1.54) is 23.5 Å². The Kier molecular flexibility index (Phi) is 6.65. The molecule has 0 saturated carbocycles. The Morgan fingerprint density at radius 2 is 1.97 bits per heavy atom. The van der Waals surface area contributed by atoms with Crippen molar-refractivity contribution in [3.8, 4) is 27.7 Å². The fourth-order valence-corrected chi connectivity index (χ4v) is 5.11. The van der Waals surface area contributed by atoms with Crippen LogP contribution in [0.5, 0.6) is 5.75 Å². The fraction of sp³-hybridized carbons (Fsp3) is 0.160. The number of thiazole rings is 1. The number of allylic oxidation sites excluding steroid dienone is 2. The largest absolute Gasteiger partial charge is 0.478 e. The molecule has 12 heteroatoms. The van der Waals surface area contributed by atoms with Crippen molar-refractivity contribution in [2.24, 2.45) is 0 Å². The quantitative estimate of drug-likeness (QED) is 0.295. The van der Waals surface area contributed by atoms with Crippen LogP contribution in [-0.4, -0.2) is 21.7 Å². The third-order valence-corrected chi connectivity index (χ3v) is 7.10. The van der Waals surface area contributed by atoms with Crippen LogP contribution in [0.2, 0.25) is 5.02 Å². The highest BCUT2D eigenvalue weighted by Gasteiger charge is 2.30. The number of dihydropyridines is 1. The number of hydrogen-bond acceptors (Lipinski definition) is 7. The summed E-state index contributed by atoms with van der Waals surface area (Å²) in [6, 6.07) is 9.85. The minimum Gasteiger partial charge on any atom is -0.478 e. The van der Waals surface area contributed by atoms with Gasteiger partial charge in [0, 0.05) is 17.7 Å². The summed E-state index contributed by atoms with van der Waals surface area (Å²) >= 11 is 7.77. The first-order valence-electron chi connectivity index (χ1n) is 11.0. The summed E-state index contributed by atoms with van der Waals surface area (Å²) in [5.74, 6) is -0.0514. The van der Waals surface area contributed by atoms with E-state index in [-0.39, 0.29) is 10.8 Å². The second-order valence-electron chi connectivity index (χ2n) is 8.06. The first-order valence-corrected chi connectivity index (χ1v) is 12.2. The number of aromatic nitrogens is 3. The highest BCUT2D eigenvalue weighted by atomic mass is 35.5. The van der Waals surface area contributed by atoms with Gasteiger partial charge in [-0.25, -0.2) is 9.78 Å². The van der Waals surface area contributed by atoms with Gasteiger partial charge >= 0.3 is 11.9 Å². The Morgan fingerprint density at radius 3 is 2.59 bits per heavy atom. The molecular weight excluding hydrogens is 529 g/mol. The first kappa shape index (κ1) is 24.8. The van der Waals surface area contributed by atoms with E-state index in [9.17, 15) is 18.0 Å². The Morgan fingerprint density at radius 1 is 1.19 bits per heavy atom. The average molecular weight is 547 g/mol. The third-order valence-electron chi connectivity index (χ3n) is 5.54. The van der Waals surface area contributed by atoms with Crippen LogP contribution in [0.1, 0.15) is 22.2 Å². The second-order valence-corrected chi connectivity index (χ2v) is 9.50. The van der Waals surface area contributed by atoms with Crippen LogP contribution in [0.25, 0.3) is 22.0 Å². The molecule has 4 aromatic rings. The predicted molar refractivity (Wildman–Crippen MR) is 133 cm³/mol. The summed E-state index contributed by atoms with van der Waals surface area (Å²) in [6.45, 7) is 2.43. The van der Waals surface area contributed by atoms with E-state index in [1.807, 2.05) is 25.2 Å². The lowest BCUT2D eigenvalue weighted by molar-refractivity contribution is -0.137. The van der Waals surface area contributed by atoms with Gasteiger partial charge in [-0.05, 0) is 43.3 Å².